The van der Waals surface area contributed by atoms with Gasteiger partial charge in [0.05, 0.1) is 10.0 Å². The Bertz CT molecular complexity index is 352. The standard InChI is InChI=1S/C14H21Cl2N/c1-4-17-11(3)8-10(2)9-12-6-5-7-13(15)14(12)16/h5-7,10-11,17H,4,8-9H2,1-3H3. The maximum atomic E-state index is 6.19. The second-order valence-corrected chi connectivity index (χ2v) is 5.50. The maximum absolute atomic E-state index is 6.19. The minimum Gasteiger partial charge on any atom is -0.315 e. The molecule has 1 N–H and O–H groups in total. The van der Waals surface area contributed by atoms with E-state index in [9.17, 15) is 0 Å². The molecule has 1 aromatic rings. The molecule has 0 amide bonds. The summed E-state index contributed by atoms with van der Waals surface area (Å²) in [6, 6.07) is 6.40. The molecule has 0 fully saturated rings. The van der Waals surface area contributed by atoms with Gasteiger partial charge in [-0.15, -0.1) is 0 Å². The summed E-state index contributed by atoms with van der Waals surface area (Å²) in [6.07, 6.45) is 2.13. The van der Waals surface area contributed by atoms with E-state index in [1.807, 2.05) is 12.1 Å². The first-order valence-corrected chi connectivity index (χ1v) is 6.96. The molecule has 1 nitrogen and oxygen atoms in total. The Morgan fingerprint density at radius 3 is 2.59 bits per heavy atom. The lowest BCUT2D eigenvalue weighted by Crippen LogP contribution is -2.27. The van der Waals surface area contributed by atoms with Crippen LogP contribution >= 0.6 is 23.2 Å². The zero-order chi connectivity index (χ0) is 12.8. The molecular formula is C14H21Cl2N. The summed E-state index contributed by atoms with van der Waals surface area (Å²) in [5.41, 5.74) is 1.15. The van der Waals surface area contributed by atoms with Crippen LogP contribution in [0.4, 0.5) is 0 Å². The molecule has 17 heavy (non-hydrogen) atoms. The van der Waals surface area contributed by atoms with Gasteiger partial charge in [-0.05, 0) is 43.9 Å². The molecule has 0 bridgehead atoms. The summed E-state index contributed by atoms with van der Waals surface area (Å²) < 4.78 is 0. The fraction of sp³-hybridized carbons (Fsp3) is 0.571. The molecule has 2 unspecified atom stereocenters. The Hall–Kier alpha value is -0.240. The molecule has 0 aromatic heterocycles. The molecule has 0 aliphatic carbocycles. The van der Waals surface area contributed by atoms with E-state index in [-0.39, 0.29) is 0 Å². The lowest BCUT2D eigenvalue weighted by molar-refractivity contribution is 0.426. The summed E-state index contributed by atoms with van der Waals surface area (Å²) in [5, 5.41) is 4.78. The summed E-state index contributed by atoms with van der Waals surface area (Å²) in [6.45, 7) is 7.63. The van der Waals surface area contributed by atoms with E-state index in [4.69, 9.17) is 23.2 Å². The van der Waals surface area contributed by atoms with Gasteiger partial charge in [0.1, 0.15) is 0 Å². The molecule has 0 saturated carbocycles. The van der Waals surface area contributed by atoms with Crippen LogP contribution in [-0.2, 0) is 6.42 Å². The molecule has 3 heteroatoms. The molecular weight excluding hydrogens is 253 g/mol. The average molecular weight is 274 g/mol. The monoisotopic (exact) mass is 273 g/mol. The molecule has 0 aliphatic heterocycles. The second-order valence-electron chi connectivity index (χ2n) is 4.72. The highest BCUT2D eigenvalue weighted by molar-refractivity contribution is 6.42. The fourth-order valence-electron chi connectivity index (χ4n) is 2.20. The maximum Gasteiger partial charge on any atom is 0.0624 e. The average Bonchev–Trinajstić information content (AvgIpc) is 2.25. The Morgan fingerprint density at radius 2 is 1.94 bits per heavy atom. The van der Waals surface area contributed by atoms with Gasteiger partial charge in [0.15, 0.2) is 0 Å². The van der Waals surface area contributed by atoms with Crippen molar-refractivity contribution in [2.24, 2.45) is 5.92 Å². The SMILES string of the molecule is CCNC(C)CC(C)Cc1cccc(Cl)c1Cl. The number of halogens is 2. The van der Waals surface area contributed by atoms with Gasteiger partial charge in [-0.1, -0.05) is 49.2 Å². The zero-order valence-electron chi connectivity index (χ0n) is 10.8. The van der Waals surface area contributed by atoms with E-state index in [0.29, 0.717) is 22.0 Å². The summed E-state index contributed by atoms with van der Waals surface area (Å²) in [4.78, 5) is 0. The summed E-state index contributed by atoms with van der Waals surface area (Å²) in [7, 11) is 0. The quantitative estimate of drug-likeness (QED) is 0.801. The van der Waals surface area contributed by atoms with Crippen LogP contribution in [0, 0.1) is 5.92 Å². The minimum atomic E-state index is 0.549. The highest BCUT2D eigenvalue weighted by atomic mass is 35.5. The summed E-state index contributed by atoms with van der Waals surface area (Å²) >= 11 is 12.2. The number of rotatable bonds is 6. The number of hydrogen-bond donors (Lipinski definition) is 1. The van der Waals surface area contributed by atoms with Gasteiger partial charge in [0.2, 0.25) is 0 Å². The van der Waals surface area contributed by atoms with Crippen LogP contribution in [-0.4, -0.2) is 12.6 Å². The van der Waals surface area contributed by atoms with Crippen LogP contribution in [0.5, 0.6) is 0 Å². The largest absolute Gasteiger partial charge is 0.315 e. The highest BCUT2D eigenvalue weighted by Crippen LogP contribution is 2.28. The van der Waals surface area contributed by atoms with Crippen LogP contribution in [0.1, 0.15) is 32.8 Å². The van der Waals surface area contributed by atoms with Crippen LogP contribution in [0.25, 0.3) is 0 Å². The lowest BCUT2D eigenvalue weighted by Gasteiger charge is -2.18. The van der Waals surface area contributed by atoms with Crippen molar-refractivity contribution in [1.82, 2.24) is 5.32 Å². The van der Waals surface area contributed by atoms with Gasteiger partial charge < -0.3 is 5.32 Å². The first kappa shape index (κ1) is 14.8. The predicted molar refractivity (Wildman–Crippen MR) is 77.1 cm³/mol. The first-order chi connectivity index (χ1) is 8.04. The molecule has 0 radical (unpaired) electrons. The highest BCUT2D eigenvalue weighted by Gasteiger charge is 2.11. The molecule has 0 saturated heterocycles. The van der Waals surface area contributed by atoms with Crippen LogP contribution in [0.15, 0.2) is 18.2 Å². The third kappa shape index (κ3) is 4.87. The Balaban J connectivity index is 2.56. The van der Waals surface area contributed by atoms with Crippen molar-refractivity contribution in [2.45, 2.75) is 39.7 Å². The van der Waals surface area contributed by atoms with E-state index in [1.54, 1.807) is 0 Å². The van der Waals surface area contributed by atoms with Crippen molar-refractivity contribution >= 4 is 23.2 Å². The number of benzene rings is 1. The van der Waals surface area contributed by atoms with Crippen molar-refractivity contribution < 1.29 is 0 Å². The van der Waals surface area contributed by atoms with Gasteiger partial charge >= 0.3 is 0 Å². The van der Waals surface area contributed by atoms with E-state index in [0.717, 1.165) is 24.9 Å². The van der Waals surface area contributed by atoms with E-state index >= 15 is 0 Å². The van der Waals surface area contributed by atoms with E-state index in [2.05, 4.69) is 32.2 Å². The van der Waals surface area contributed by atoms with Gasteiger partial charge in [-0.3, -0.25) is 0 Å². The minimum absolute atomic E-state index is 0.549. The molecule has 1 rings (SSSR count). The van der Waals surface area contributed by atoms with Crippen molar-refractivity contribution in [2.75, 3.05) is 6.54 Å². The smallest absolute Gasteiger partial charge is 0.0624 e. The van der Waals surface area contributed by atoms with Crippen molar-refractivity contribution in [3.63, 3.8) is 0 Å². The molecule has 0 aliphatic rings. The second kappa shape index (κ2) is 7.25. The number of nitrogens with one attached hydrogen (secondary N) is 1. The Labute approximate surface area is 115 Å². The molecule has 96 valence electrons. The lowest BCUT2D eigenvalue weighted by atomic mass is 9.95. The van der Waals surface area contributed by atoms with E-state index in [1.165, 1.54) is 0 Å². The molecule has 0 heterocycles. The van der Waals surface area contributed by atoms with Gasteiger partial charge in [-0.2, -0.15) is 0 Å². The third-order valence-corrected chi connectivity index (χ3v) is 3.77. The van der Waals surface area contributed by atoms with Gasteiger partial charge in [0, 0.05) is 6.04 Å². The molecule has 2 atom stereocenters. The predicted octanol–water partition coefficient (Wildman–Crippen LogP) is 4.56. The van der Waals surface area contributed by atoms with Crippen molar-refractivity contribution in [1.29, 1.82) is 0 Å². The number of hydrogen-bond acceptors (Lipinski definition) is 1. The Kier molecular flexibility index (Phi) is 6.32. The van der Waals surface area contributed by atoms with Crippen LogP contribution < -0.4 is 5.32 Å². The topological polar surface area (TPSA) is 12.0 Å². The van der Waals surface area contributed by atoms with Gasteiger partial charge in [0.25, 0.3) is 0 Å². The molecule has 0 spiro atoms. The van der Waals surface area contributed by atoms with Crippen molar-refractivity contribution in [3.8, 4) is 0 Å². The van der Waals surface area contributed by atoms with Crippen LogP contribution in [0.3, 0.4) is 0 Å². The summed E-state index contributed by atoms with van der Waals surface area (Å²) in [5.74, 6) is 0.597. The third-order valence-electron chi connectivity index (χ3n) is 2.91. The van der Waals surface area contributed by atoms with Crippen LogP contribution in [0.2, 0.25) is 10.0 Å². The van der Waals surface area contributed by atoms with E-state index < -0.39 is 0 Å². The Morgan fingerprint density at radius 1 is 1.24 bits per heavy atom. The zero-order valence-corrected chi connectivity index (χ0v) is 12.3. The fourth-order valence-corrected chi connectivity index (χ4v) is 2.60. The first-order valence-electron chi connectivity index (χ1n) is 6.20. The van der Waals surface area contributed by atoms with Gasteiger partial charge in [-0.25, -0.2) is 0 Å². The van der Waals surface area contributed by atoms with Crippen molar-refractivity contribution in [3.05, 3.63) is 33.8 Å². The molecule has 1 aromatic carbocycles. The normalized spacial score (nSPS) is 14.6.